The molecule has 4 rings (SSSR count). The lowest BCUT2D eigenvalue weighted by Gasteiger charge is -2.32. The van der Waals surface area contributed by atoms with Crippen LogP contribution in [0, 0.1) is 11.7 Å². The van der Waals surface area contributed by atoms with Gasteiger partial charge in [-0.25, -0.2) is 9.37 Å². The first kappa shape index (κ1) is 24.8. The van der Waals surface area contributed by atoms with Gasteiger partial charge >= 0.3 is 6.61 Å². The van der Waals surface area contributed by atoms with Crippen LogP contribution in [0.5, 0.6) is 5.88 Å². The van der Waals surface area contributed by atoms with Crippen LogP contribution in [0.25, 0.3) is 11.3 Å². The quantitative estimate of drug-likeness (QED) is 0.540. The van der Waals surface area contributed by atoms with Crippen molar-refractivity contribution in [2.24, 2.45) is 5.92 Å². The Hall–Kier alpha value is -2.31. The maximum absolute atomic E-state index is 14.7. The van der Waals surface area contributed by atoms with Crippen LogP contribution in [0.4, 0.5) is 13.2 Å². The minimum atomic E-state index is -3.09. The lowest BCUT2D eigenvalue weighted by Crippen LogP contribution is -2.49. The van der Waals surface area contributed by atoms with E-state index >= 15 is 0 Å². The number of carbonyl (C=O) groups excluding carboxylic acids is 1. The maximum atomic E-state index is 14.7. The largest absolute Gasteiger partial charge is 0.417 e. The van der Waals surface area contributed by atoms with Crippen LogP contribution in [0.15, 0.2) is 12.3 Å². The highest BCUT2D eigenvalue weighted by Crippen LogP contribution is 2.50. The van der Waals surface area contributed by atoms with E-state index in [-0.39, 0.29) is 34.9 Å². The van der Waals surface area contributed by atoms with Crippen molar-refractivity contribution in [2.75, 3.05) is 11.5 Å². The predicted molar refractivity (Wildman–Crippen MR) is 122 cm³/mol. The second-order valence-corrected chi connectivity index (χ2v) is 11.9. The molecule has 2 aliphatic rings. The SMILES string of the molecule is CC(C)n1nc(-c2cc(OC(F)F)ncc2F)c2c1CC(C(=O)NC1(C)CCS(O)(O)C1)CC2. The van der Waals surface area contributed by atoms with Crippen molar-refractivity contribution < 1.29 is 31.8 Å². The number of alkyl halides is 2. The van der Waals surface area contributed by atoms with Gasteiger partial charge in [0.05, 0.1) is 23.2 Å². The first-order chi connectivity index (χ1) is 15.9. The van der Waals surface area contributed by atoms with Gasteiger partial charge in [0, 0.05) is 47.0 Å². The van der Waals surface area contributed by atoms with Gasteiger partial charge < -0.3 is 10.1 Å². The van der Waals surface area contributed by atoms with Gasteiger partial charge in [0.2, 0.25) is 11.8 Å². The summed E-state index contributed by atoms with van der Waals surface area (Å²) in [6, 6.07) is 1.04. The highest BCUT2D eigenvalue weighted by Gasteiger charge is 2.41. The van der Waals surface area contributed by atoms with Gasteiger partial charge in [-0.15, -0.1) is 0 Å². The van der Waals surface area contributed by atoms with Crippen molar-refractivity contribution in [3.63, 3.8) is 0 Å². The molecule has 0 bridgehead atoms. The van der Waals surface area contributed by atoms with E-state index in [9.17, 15) is 27.1 Å². The van der Waals surface area contributed by atoms with Crippen molar-refractivity contribution >= 4 is 16.5 Å². The number of pyridine rings is 1. The molecule has 2 atom stereocenters. The number of carbonyl (C=O) groups is 1. The van der Waals surface area contributed by atoms with Gasteiger partial charge in [0.15, 0.2) is 5.82 Å². The highest BCUT2D eigenvalue weighted by molar-refractivity contribution is 8.24. The summed E-state index contributed by atoms with van der Waals surface area (Å²) in [7, 11) is -2.67. The van der Waals surface area contributed by atoms with Crippen molar-refractivity contribution in [1.29, 1.82) is 0 Å². The number of ether oxygens (including phenoxy) is 1. The van der Waals surface area contributed by atoms with Crippen LogP contribution in [-0.4, -0.2) is 53.4 Å². The van der Waals surface area contributed by atoms with Crippen LogP contribution in [0.2, 0.25) is 0 Å². The average molecular weight is 503 g/mol. The molecule has 1 fully saturated rings. The first-order valence-corrected chi connectivity index (χ1v) is 13.0. The Balaban J connectivity index is 1.61. The normalized spacial score (nSPS) is 24.8. The van der Waals surface area contributed by atoms with Crippen molar-refractivity contribution in [3.8, 4) is 17.1 Å². The van der Waals surface area contributed by atoms with Gasteiger partial charge in [0.1, 0.15) is 0 Å². The first-order valence-electron chi connectivity index (χ1n) is 11.1. The van der Waals surface area contributed by atoms with Crippen LogP contribution in [0.1, 0.15) is 50.9 Å². The number of rotatable bonds is 6. The van der Waals surface area contributed by atoms with Gasteiger partial charge in [-0.2, -0.15) is 24.5 Å². The zero-order valence-corrected chi connectivity index (χ0v) is 20.0. The van der Waals surface area contributed by atoms with Gasteiger partial charge in [-0.05, 0) is 40.0 Å². The Kier molecular flexibility index (Phi) is 6.60. The Morgan fingerprint density at radius 1 is 1.38 bits per heavy atom. The molecule has 2 aromatic heterocycles. The molecule has 0 saturated carbocycles. The van der Waals surface area contributed by atoms with Crippen LogP contribution < -0.4 is 10.1 Å². The summed E-state index contributed by atoms with van der Waals surface area (Å²) in [5.41, 5.74) is 1.25. The third kappa shape index (κ3) is 5.03. The molecule has 1 aliphatic carbocycles. The number of hydrogen-bond acceptors (Lipinski definition) is 6. The Bertz CT molecular complexity index is 1090. The number of nitrogens with zero attached hydrogens (tertiary/aromatic N) is 3. The van der Waals surface area contributed by atoms with E-state index < -0.39 is 34.4 Å². The zero-order valence-electron chi connectivity index (χ0n) is 19.2. The molecule has 3 heterocycles. The lowest BCUT2D eigenvalue weighted by atomic mass is 9.84. The molecule has 0 aromatic carbocycles. The lowest BCUT2D eigenvalue weighted by molar-refractivity contribution is -0.127. The van der Waals surface area contributed by atoms with Crippen molar-refractivity contribution in [1.82, 2.24) is 20.1 Å². The van der Waals surface area contributed by atoms with Crippen LogP contribution in [0.3, 0.4) is 0 Å². The zero-order chi connectivity index (χ0) is 24.8. The minimum Gasteiger partial charge on any atom is -0.417 e. The summed E-state index contributed by atoms with van der Waals surface area (Å²) in [6.45, 7) is 2.57. The molecule has 0 radical (unpaired) electrons. The maximum Gasteiger partial charge on any atom is 0.388 e. The summed E-state index contributed by atoms with van der Waals surface area (Å²) >= 11 is 0. The number of nitrogens with one attached hydrogen (secondary N) is 1. The van der Waals surface area contributed by atoms with E-state index in [1.54, 1.807) is 4.68 Å². The van der Waals surface area contributed by atoms with E-state index in [0.717, 1.165) is 23.5 Å². The van der Waals surface area contributed by atoms with Crippen LogP contribution in [-0.2, 0) is 17.6 Å². The topological polar surface area (TPSA) is 110 Å². The molecular formula is C22H29F3N4O4S. The molecule has 1 aliphatic heterocycles. The van der Waals surface area contributed by atoms with Crippen molar-refractivity contribution in [3.05, 3.63) is 29.3 Å². The number of hydrogen-bond donors (Lipinski definition) is 3. The fraction of sp³-hybridized carbons (Fsp3) is 0.591. The molecule has 1 amide bonds. The molecule has 0 spiro atoms. The molecule has 3 N–H and O–H groups in total. The van der Waals surface area contributed by atoms with E-state index in [2.05, 4.69) is 20.1 Å². The fourth-order valence-corrected chi connectivity index (χ4v) is 6.96. The minimum absolute atomic E-state index is 0.0212. The molecule has 8 nitrogen and oxygen atoms in total. The summed E-state index contributed by atoms with van der Waals surface area (Å²) < 4.78 is 65.9. The Morgan fingerprint density at radius 2 is 2.12 bits per heavy atom. The highest BCUT2D eigenvalue weighted by atomic mass is 32.3. The van der Waals surface area contributed by atoms with Crippen molar-refractivity contribution in [2.45, 2.75) is 64.6 Å². The summed E-state index contributed by atoms with van der Waals surface area (Å²) in [4.78, 5) is 16.6. The monoisotopic (exact) mass is 502 g/mol. The van der Waals surface area contributed by atoms with Gasteiger partial charge in [-0.1, -0.05) is 0 Å². The molecular weight excluding hydrogens is 473 g/mol. The molecule has 2 aromatic rings. The summed E-state index contributed by atoms with van der Waals surface area (Å²) in [5.74, 6) is -1.20. The summed E-state index contributed by atoms with van der Waals surface area (Å²) in [5, 5.41) is 7.59. The van der Waals surface area contributed by atoms with E-state index in [0.29, 0.717) is 31.4 Å². The van der Waals surface area contributed by atoms with E-state index in [1.807, 2.05) is 20.8 Å². The van der Waals surface area contributed by atoms with E-state index in [4.69, 9.17) is 0 Å². The fourth-order valence-electron chi connectivity index (χ4n) is 4.80. The number of fused-ring (bicyclic) bond motifs is 1. The second-order valence-electron chi connectivity index (χ2n) is 9.58. The molecule has 2 unspecified atom stereocenters. The van der Waals surface area contributed by atoms with Gasteiger partial charge in [0.25, 0.3) is 0 Å². The third-order valence-electron chi connectivity index (χ3n) is 6.41. The van der Waals surface area contributed by atoms with E-state index in [1.165, 1.54) is 0 Å². The Morgan fingerprint density at radius 3 is 2.74 bits per heavy atom. The Labute approximate surface area is 197 Å². The van der Waals surface area contributed by atoms with Gasteiger partial charge in [-0.3, -0.25) is 18.6 Å². The predicted octanol–water partition coefficient (Wildman–Crippen LogP) is 4.40. The van der Waals surface area contributed by atoms with Crippen LogP contribution >= 0.6 is 10.6 Å². The molecule has 188 valence electrons. The molecule has 1 saturated heterocycles. The number of amides is 1. The number of halogens is 3. The molecule has 34 heavy (non-hydrogen) atoms. The second kappa shape index (κ2) is 9.04. The average Bonchev–Trinajstić information content (AvgIpc) is 3.25. The third-order valence-corrected chi connectivity index (χ3v) is 8.37. The number of aromatic nitrogens is 3. The molecule has 12 heteroatoms. The standard InChI is InChI=1S/C22H29F3N4O4S/c1-12(2)29-17-8-13(20(30)27-22(3)6-7-34(31,32)11-22)4-5-14(17)19(28-29)15-9-18(33-21(24)25)26-10-16(15)23/h9-10,12-13,21,31-32H,4-8,11H2,1-3H3,(H,27,30). The summed E-state index contributed by atoms with van der Waals surface area (Å²) in [6.07, 6.45) is 2.66. The smallest absolute Gasteiger partial charge is 0.388 e.